The van der Waals surface area contributed by atoms with Crippen LogP contribution in [-0.2, 0) is 17.9 Å². The van der Waals surface area contributed by atoms with Crippen LogP contribution in [-0.4, -0.2) is 13.2 Å². The SMILES string of the molecule is CCCNCc1cc(COCC2CCCCC2)oc1C. The van der Waals surface area contributed by atoms with E-state index in [0.29, 0.717) is 6.61 Å². The molecule has 114 valence electrons. The Labute approximate surface area is 123 Å². The molecule has 1 heterocycles. The first kappa shape index (κ1) is 15.6. The Hall–Kier alpha value is -0.800. The zero-order chi connectivity index (χ0) is 14.2. The van der Waals surface area contributed by atoms with Gasteiger partial charge in [0.05, 0.1) is 0 Å². The van der Waals surface area contributed by atoms with Crippen LogP contribution in [0.3, 0.4) is 0 Å². The first-order chi connectivity index (χ1) is 9.79. The molecule has 0 radical (unpaired) electrons. The minimum Gasteiger partial charge on any atom is -0.464 e. The highest BCUT2D eigenvalue weighted by Gasteiger charge is 2.14. The smallest absolute Gasteiger partial charge is 0.130 e. The van der Waals surface area contributed by atoms with Gasteiger partial charge >= 0.3 is 0 Å². The van der Waals surface area contributed by atoms with Crippen LogP contribution in [0.4, 0.5) is 0 Å². The fourth-order valence-corrected chi connectivity index (χ4v) is 2.91. The molecule has 3 nitrogen and oxygen atoms in total. The summed E-state index contributed by atoms with van der Waals surface area (Å²) in [6.07, 6.45) is 7.99. The monoisotopic (exact) mass is 279 g/mol. The summed E-state index contributed by atoms with van der Waals surface area (Å²) in [7, 11) is 0. The molecule has 3 heteroatoms. The lowest BCUT2D eigenvalue weighted by molar-refractivity contribution is 0.0634. The minimum absolute atomic E-state index is 0.616. The average molecular weight is 279 g/mol. The second-order valence-corrected chi connectivity index (χ2v) is 5.99. The van der Waals surface area contributed by atoms with Crippen LogP contribution in [0.2, 0.25) is 0 Å². The number of aryl methyl sites for hydroxylation is 1. The maximum Gasteiger partial charge on any atom is 0.130 e. The van der Waals surface area contributed by atoms with Crippen molar-refractivity contribution in [3.05, 3.63) is 23.2 Å². The molecule has 1 aromatic rings. The van der Waals surface area contributed by atoms with Crippen LogP contribution in [0.25, 0.3) is 0 Å². The van der Waals surface area contributed by atoms with Crippen molar-refractivity contribution < 1.29 is 9.15 Å². The van der Waals surface area contributed by atoms with E-state index >= 15 is 0 Å². The van der Waals surface area contributed by atoms with Crippen molar-refractivity contribution in [3.63, 3.8) is 0 Å². The Morgan fingerprint density at radius 3 is 2.85 bits per heavy atom. The lowest BCUT2D eigenvalue weighted by atomic mass is 9.90. The molecule has 2 rings (SSSR count). The normalized spacial score (nSPS) is 16.7. The van der Waals surface area contributed by atoms with E-state index in [4.69, 9.17) is 9.15 Å². The summed E-state index contributed by atoms with van der Waals surface area (Å²) in [5, 5.41) is 3.41. The maximum atomic E-state index is 5.84. The van der Waals surface area contributed by atoms with Gasteiger partial charge < -0.3 is 14.5 Å². The second-order valence-electron chi connectivity index (χ2n) is 5.99. The van der Waals surface area contributed by atoms with Crippen molar-refractivity contribution in [1.82, 2.24) is 5.32 Å². The molecule has 0 bridgehead atoms. The van der Waals surface area contributed by atoms with Gasteiger partial charge in [-0.3, -0.25) is 0 Å². The molecule has 0 amide bonds. The third-order valence-corrected chi connectivity index (χ3v) is 4.14. The third-order valence-electron chi connectivity index (χ3n) is 4.14. The number of furan rings is 1. The number of hydrogen-bond donors (Lipinski definition) is 1. The van der Waals surface area contributed by atoms with Gasteiger partial charge in [0.1, 0.15) is 18.1 Å². The maximum absolute atomic E-state index is 5.84. The van der Waals surface area contributed by atoms with E-state index < -0.39 is 0 Å². The van der Waals surface area contributed by atoms with Gasteiger partial charge in [0.25, 0.3) is 0 Å². The summed E-state index contributed by atoms with van der Waals surface area (Å²) in [6, 6.07) is 2.14. The quantitative estimate of drug-likeness (QED) is 0.725. The molecule has 1 saturated carbocycles. The van der Waals surface area contributed by atoms with Gasteiger partial charge in [0.15, 0.2) is 0 Å². The van der Waals surface area contributed by atoms with Gasteiger partial charge in [-0.2, -0.15) is 0 Å². The zero-order valence-corrected chi connectivity index (χ0v) is 13.0. The van der Waals surface area contributed by atoms with Crippen LogP contribution in [0, 0.1) is 12.8 Å². The average Bonchev–Trinajstić information content (AvgIpc) is 2.81. The third kappa shape index (κ3) is 4.95. The van der Waals surface area contributed by atoms with E-state index in [1.54, 1.807) is 0 Å². The fraction of sp³-hybridized carbons (Fsp3) is 0.765. The molecule has 0 atom stereocenters. The molecule has 20 heavy (non-hydrogen) atoms. The van der Waals surface area contributed by atoms with Gasteiger partial charge in [-0.1, -0.05) is 26.2 Å². The molecule has 0 aromatic carbocycles. The summed E-state index contributed by atoms with van der Waals surface area (Å²) in [5.41, 5.74) is 1.26. The fourth-order valence-electron chi connectivity index (χ4n) is 2.91. The number of nitrogens with one attached hydrogen (secondary N) is 1. The number of rotatable bonds is 8. The molecule has 1 aliphatic carbocycles. The Bertz CT molecular complexity index is 380. The van der Waals surface area contributed by atoms with Crippen LogP contribution < -0.4 is 5.32 Å². The van der Waals surface area contributed by atoms with Gasteiger partial charge in [0, 0.05) is 18.7 Å². The predicted octanol–water partition coefficient (Wildman–Crippen LogP) is 4.18. The van der Waals surface area contributed by atoms with E-state index in [2.05, 4.69) is 18.3 Å². The van der Waals surface area contributed by atoms with Crippen LogP contribution in [0.5, 0.6) is 0 Å². The topological polar surface area (TPSA) is 34.4 Å². The van der Waals surface area contributed by atoms with E-state index in [1.165, 1.54) is 37.7 Å². The Morgan fingerprint density at radius 2 is 2.10 bits per heavy atom. The zero-order valence-electron chi connectivity index (χ0n) is 13.0. The van der Waals surface area contributed by atoms with Crippen LogP contribution in [0.15, 0.2) is 10.5 Å². The first-order valence-electron chi connectivity index (χ1n) is 8.16. The number of ether oxygens (including phenoxy) is 1. The second kappa shape index (κ2) is 8.48. The Morgan fingerprint density at radius 1 is 1.30 bits per heavy atom. The summed E-state index contributed by atoms with van der Waals surface area (Å²) >= 11 is 0. The molecular formula is C17H29NO2. The highest BCUT2D eigenvalue weighted by atomic mass is 16.5. The van der Waals surface area contributed by atoms with Gasteiger partial charge in [-0.05, 0) is 44.7 Å². The predicted molar refractivity (Wildman–Crippen MR) is 81.7 cm³/mol. The summed E-state index contributed by atoms with van der Waals surface area (Å²) < 4.78 is 11.6. The van der Waals surface area contributed by atoms with Crippen molar-refractivity contribution in [2.24, 2.45) is 5.92 Å². The molecule has 0 aliphatic heterocycles. The summed E-state index contributed by atoms with van der Waals surface area (Å²) in [5.74, 6) is 2.75. The van der Waals surface area contributed by atoms with Crippen molar-refractivity contribution in [1.29, 1.82) is 0 Å². The van der Waals surface area contributed by atoms with Crippen LogP contribution >= 0.6 is 0 Å². The molecule has 0 spiro atoms. The largest absolute Gasteiger partial charge is 0.464 e. The van der Waals surface area contributed by atoms with E-state index in [-0.39, 0.29) is 0 Å². The lowest BCUT2D eigenvalue weighted by Gasteiger charge is -2.20. The molecule has 1 aliphatic rings. The highest BCUT2D eigenvalue weighted by molar-refractivity contribution is 5.20. The molecule has 1 aromatic heterocycles. The van der Waals surface area contributed by atoms with E-state index in [0.717, 1.165) is 43.6 Å². The van der Waals surface area contributed by atoms with Crippen molar-refractivity contribution >= 4 is 0 Å². The van der Waals surface area contributed by atoms with Crippen molar-refractivity contribution in [2.45, 2.75) is 65.5 Å². The van der Waals surface area contributed by atoms with E-state index in [1.807, 2.05) is 6.92 Å². The van der Waals surface area contributed by atoms with Crippen molar-refractivity contribution in [3.8, 4) is 0 Å². The first-order valence-corrected chi connectivity index (χ1v) is 8.16. The molecule has 1 fully saturated rings. The molecule has 0 unspecified atom stereocenters. The molecule has 1 N–H and O–H groups in total. The Balaban J connectivity index is 1.71. The minimum atomic E-state index is 0.616. The summed E-state index contributed by atoms with van der Waals surface area (Å²) in [6.45, 7) is 7.67. The van der Waals surface area contributed by atoms with Crippen LogP contribution in [0.1, 0.15) is 62.5 Å². The van der Waals surface area contributed by atoms with E-state index in [9.17, 15) is 0 Å². The standard InChI is InChI=1S/C17H29NO2/c1-3-9-18-11-16-10-17(20-14(16)2)13-19-12-15-7-5-4-6-8-15/h10,15,18H,3-9,11-13H2,1-2H3. The summed E-state index contributed by atoms with van der Waals surface area (Å²) in [4.78, 5) is 0. The Kier molecular flexibility index (Phi) is 6.61. The van der Waals surface area contributed by atoms with Gasteiger partial charge in [-0.15, -0.1) is 0 Å². The van der Waals surface area contributed by atoms with Gasteiger partial charge in [-0.25, -0.2) is 0 Å². The lowest BCUT2D eigenvalue weighted by Crippen LogP contribution is -2.14. The van der Waals surface area contributed by atoms with Gasteiger partial charge in [0.2, 0.25) is 0 Å². The highest BCUT2D eigenvalue weighted by Crippen LogP contribution is 2.24. The molecule has 0 saturated heterocycles. The van der Waals surface area contributed by atoms with Crippen molar-refractivity contribution in [2.75, 3.05) is 13.2 Å². The number of hydrogen-bond acceptors (Lipinski definition) is 3. The molecular weight excluding hydrogens is 250 g/mol.